The van der Waals surface area contributed by atoms with Crippen LogP contribution in [0.25, 0.3) is 11.1 Å². The number of fused-ring (bicyclic) bond motifs is 3. The molecule has 1 atom stereocenters. The minimum atomic E-state index is -0.812. The maximum atomic E-state index is 11.3. The summed E-state index contributed by atoms with van der Waals surface area (Å²) in [7, 11) is 0. The molecule has 0 aromatic heterocycles. The molecule has 1 unspecified atom stereocenters. The van der Waals surface area contributed by atoms with E-state index in [-0.39, 0.29) is 0 Å². The minimum Gasteiger partial charge on any atom is -0.480 e. The van der Waals surface area contributed by atoms with Gasteiger partial charge in [0.15, 0.2) is 0 Å². The number of carboxylic acids is 1. The Balaban J connectivity index is 2.26. The molecule has 1 aliphatic rings. The van der Waals surface area contributed by atoms with Crippen LogP contribution in [0.1, 0.15) is 10.8 Å². The zero-order valence-corrected chi connectivity index (χ0v) is 10.8. The molecule has 0 fully saturated rings. The monoisotopic (exact) mass is 276 g/mol. The molecule has 1 N–H and O–H groups in total. The molecule has 0 saturated carbocycles. The van der Waals surface area contributed by atoms with Gasteiger partial charge in [0.05, 0.1) is 0 Å². The van der Waals surface area contributed by atoms with Crippen molar-refractivity contribution in [3.05, 3.63) is 53.1 Å². The minimum absolute atomic E-state index is 0.546. The van der Waals surface area contributed by atoms with Gasteiger partial charge in [0.2, 0.25) is 0 Å². The first kappa shape index (κ1) is 11.6. The van der Waals surface area contributed by atoms with Gasteiger partial charge in [-0.1, -0.05) is 35.9 Å². The highest BCUT2D eigenvalue weighted by atomic mass is 35.5. The average molecular weight is 277 g/mol. The van der Waals surface area contributed by atoms with E-state index >= 15 is 0 Å². The van der Waals surface area contributed by atoms with Crippen molar-refractivity contribution >= 4 is 29.3 Å². The Hall–Kier alpha value is -1.45. The Morgan fingerprint density at radius 3 is 2.72 bits per heavy atom. The number of carbonyl (C=O) groups is 1. The highest BCUT2D eigenvalue weighted by Gasteiger charge is 2.30. The standard InChI is InChI=1S/C14H9ClO2S/c15-8-5-6-12-11(7-8)9-3-1-2-4-10(9)13(18-12)14(16)17/h1-7,13H,(H,16,17). The number of aliphatic carboxylic acids is 1. The SMILES string of the molecule is O=C(O)C1Sc2ccc(Cl)cc2-c2ccccc21. The summed E-state index contributed by atoms with van der Waals surface area (Å²) in [5, 5.41) is 9.44. The van der Waals surface area contributed by atoms with Crippen molar-refractivity contribution in [2.75, 3.05) is 0 Å². The van der Waals surface area contributed by atoms with Crippen molar-refractivity contribution in [2.24, 2.45) is 0 Å². The summed E-state index contributed by atoms with van der Waals surface area (Å²) in [6.45, 7) is 0. The summed E-state index contributed by atoms with van der Waals surface area (Å²) < 4.78 is 0. The van der Waals surface area contributed by atoms with E-state index in [0.717, 1.165) is 21.6 Å². The molecule has 0 aliphatic carbocycles. The topological polar surface area (TPSA) is 37.3 Å². The van der Waals surface area contributed by atoms with Crippen LogP contribution in [0.4, 0.5) is 0 Å². The fraction of sp³-hybridized carbons (Fsp3) is 0.0714. The van der Waals surface area contributed by atoms with Gasteiger partial charge >= 0.3 is 5.97 Å². The lowest BCUT2D eigenvalue weighted by atomic mass is 9.97. The summed E-state index contributed by atoms with van der Waals surface area (Å²) in [5.41, 5.74) is 2.81. The summed E-state index contributed by atoms with van der Waals surface area (Å²) in [6, 6.07) is 13.2. The largest absolute Gasteiger partial charge is 0.480 e. The van der Waals surface area contributed by atoms with Gasteiger partial charge in [-0.25, -0.2) is 0 Å². The van der Waals surface area contributed by atoms with Crippen molar-refractivity contribution in [1.82, 2.24) is 0 Å². The van der Waals surface area contributed by atoms with Crippen LogP contribution >= 0.6 is 23.4 Å². The zero-order valence-electron chi connectivity index (χ0n) is 9.26. The highest BCUT2D eigenvalue weighted by molar-refractivity contribution is 8.00. The van der Waals surface area contributed by atoms with Crippen molar-refractivity contribution in [2.45, 2.75) is 10.1 Å². The highest BCUT2D eigenvalue weighted by Crippen LogP contribution is 2.49. The first-order valence-electron chi connectivity index (χ1n) is 5.45. The molecule has 0 bridgehead atoms. The quantitative estimate of drug-likeness (QED) is 0.846. The second kappa shape index (κ2) is 4.34. The Kier molecular flexibility index (Phi) is 2.80. The van der Waals surface area contributed by atoms with E-state index in [9.17, 15) is 9.90 Å². The Morgan fingerprint density at radius 1 is 1.17 bits per heavy atom. The molecule has 90 valence electrons. The van der Waals surface area contributed by atoms with Gasteiger partial charge in [0.25, 0.3) is 0 Å². The number of benzene rings is 2. The number of hydrogen-bond donors (Lipinski definition) is 1. The van der Waals surface area contributed by atoms with Crippen LogP contribution in [0.5, 0.6) is 0 Å². The molecule has 0 spiro atoms. The summed E-state index contributed by atoms with van der Waals surface area (Å²) in [6.07, 6.45) is 0. The number of rotatable bonds is 1. The van der Waals surface area contributed by atoms with E-state index in [1.54, 1.807) is 6.07 Å². The van der Waals surface area contributed by atoms with Crippen molar-refractivity contribution in [1.29, 1.82) is 0 Å². The molecule has 18 heavy (non-hydrogen) atoms. The first-order valence-corrected chi connectivity index (χ1v) is 6.71. The van der Waals surface area contributed by atoms with Gasteiger partial charge in [-0.15, -0.1) is 11.8 Å². The Morgan fingerprint density at radius 2 is 1.94 bits per heavy atom. The molecular formula is C14H9ClO2S. The fourth-order valence-corrected chi connectivity index (χ4v) is 3.46. The molecule has 2 nitrogen and oxygen atoms in total. The smallest absolute Gasteiger partial charge is 0.321 e. The molecule has 4 heteroatoms. The molecule has 0 amide bonds. The summed E-state index contributed by atoms with van der Waals surface area (Å²) in [4.78, 5) is 12.3. The van der Waals surface area contributed by atoms with Crippen LogP contribution in [0, 0.1) is 0 Å². The number of hydrogen-bond acceptors (Lipinski definition) is 2. The van der Waals surface area contributed by atoms with Crippen LogP contribution in [-0.4, -0.2) is 11.1 Å². The van der Waals surface area contributed by atoms with Crippen LogP contribution < -0.4 is 0 Å². The first-order chi connectivity index (χ1) is 8.66. The van der Waals surface area contributed by atoms with Gasteiger partial charge < -0.3 is 5.11 Å². The third-order valence-corrected chi connectivity index (χ3v) is 4.48. The maximum absolute atomic E-state index is 11.3. The summed E-state index contributed by atoms with van der Waals surface area (Å²) >= 11 is 7.37. The van der Waals surface area contributed by atoms with Gasteiger partial charge in [0, 0.05) is 9.92 Å². The van der Waals surface area contributed by atoms with Crippen molar-refractivity contribution < 1.29 is 9.90 Å². The molecule has 1 heterocycles. The van der Waals surface area contributed by atoms with Crippen LogP contribution in [-0.2, 0) is 4.79 Å². The molecular weight excluding hydrogens is 268 g/mol. The number of thioether (sulfide) groups is 1. The van der Waals surface area contributed by atoms with Gasteiger partial charge in [-0.05, 0) is 34.9 Å². The molecule has 2 aromatic carbocycles. The van der Waals surface area contributed by atoms with E-state index in [1.807, 2.05) is 36.4 Å². The van der Waals surface area contributed by atoms with E-state index < -0.39 is 11.2 Å². The second-order valence-electron chi connectivity index (χ2n) is 4.06. The maximum Gasteiger partial charge on any atom is 0.321 e. The predicted octanol–water partition coefficient (Wildman–Crippen LogP) is 4.24. The molecule has 2 aromatic rings. The predicted molar refractivity (Wildman–Crippen MR) is 73.1 cm³/mol. The molecule has 0 saturated heterocycles. The van der Waals surface area contributed by atoms with Crippen LogP contribution in [0.2, 0.25) is 5.02 Å². The number of halogens is 1. The summed E-state index contributed by atoms with van der Waals surface area (Å²) in [5.74, 6) is -0.812. The lowest BCUT2D eigenvalue weighted by Gasteiger charge is -2.24. The van der Waals surface area contributed by atoms with E-state index in [4.69, 9.17) is 11.6 Å². The molecule has 0 radical (unpaired) electrons. The average Bonchev–Trinajstić information content (AvgIpc) is 2.37. The lowest BCUT2D eigenvalue weighted by Crippen LogP contribution is -2.12. The van der Waals surface area contributed by atoms with E-state index in [2.05, 4.69) is 0 Å². The normalized spacial score (nSPS) is 16.8. The van der Waals surface area contributed by atoms with Gasteiger partial charge in [-0.3, -0.25) is 4.79 Å². The molecule has 3 rings (SSSR count). The van der Waals surface area contributed by atoms with E-state index in [0.29, 0.717) is 5.02 Å². The van der Waals surface area contributed by atoms with Crippen molar-refractivity contribution in [3.8, 4) is 11.1 Å². The fourth-order valence-electron chi connectivity index (χ4n) is 2.16. The third kappa shape index (κ3) is 1.80. The van der Waals surface area contributed by atoms with Crippen LogP contribution in [0.3, 0.4) is 0 Å². The van der Waals surface area contributed by atoms with Crippen molar-refractivity contribution in [3.63, 3.8) is 0 Å². The lowest BCUT2D eigenvalue weighted by molar-refractivity contribution is -0.136. The van der Waals surface area contributed by atoms with E-state index in [1.165, 1.54) is 11.8 Å². The third-order valence-electron chi connectivity index (χ3n) is 2.94. The van der Waals surface area contributed by atoms with Crippen LogP contribution in [0.15, 0.2) is 47.4 Å². The Labute approximate surface area is 114 Å². The zero-order chi connectivity index (χ0) is 12.7. The molecule has 1 aliphatic heterocycles. The second-order valence-corrected chi connectivity index (χ2v) is 5.65. The van der Waals surface area contributed by atoms with Gasteiger partial charge in [-0.2, -0.15) is 0 Å². The number of carboxylic acid groups (broad SMARTS) is 1. The Bertz CT molecular complexity index is 639. The van der Waals surface area contributed by atoms with Gasteiger partial charge in [0.1, 0.15) is 5.25 Å².